The van der Waals surface area contributed by atoms with Crippen LogP contribution in [0.4, 0.5) is 17.6 Å². The van der Waals surface area contributed by atoms with Crippen LogP contribution in [0.2, 0.25) is 5.02 Å². The summed E-state index contributed by atoms with van der Waals surface area (Å²) < 4.78 is 74.3. The van der Waals surface area contributed by atoms with E-state index in [1.165, 1.54) is 0 Å². The maximum absolute atomic E-state index is 13.7. The van der Waals surface area contributed by atoms with Crippen molar-refractivity contribution < 1.29 is 35.9 Å². The van der Waals surface area contributed by atoms with Gasteiger partial charge in [-0.15, -0.1) is 0 Å². The van der Waals surface area contributed by atoms with Crippen molar-refractivity contribution in [3.63, 3.8) is 0 Å². The Morgan fingerprint density at radius 3 is 2.38 bits per heavy atom. The van der Waals surface area contributed by atoms with Gasteiger partial charge in [0.2, 0.25) is 10.0 Å². The quantitative estimate of drug-likeness (QED) is 0.826. The molecule has 0 radical (unpaired) electrons. The average Bonchev–Trinajstić information content (AvgIpc) is 2.29. The van der Waals surface area contributed by atoms with E-state index in [-0.39, 0.29) is 4.31 Å². The van der Waals surface area contributed by atoms with Gasteiger partial charge in [0.15, 0.2) is 5.82 Å². The summed E-state index contributed by atoms with van der Waals surface area (Å²) in [6.45, 7) is -3.53. The van der Waals surface area contributed by atoms with Crippen LogP contribution in [0.3, 0.4) is 0 Å². The number of nitrogens with zero attached hydrogens (tertiary/aromatic N) is 1. The molecule has 0 aliphatic carbocycles. The summed E-state index contributed by atoms with van der Waals surface area (Å²) in [4.78, 5) is 9.41. The number of carboxylic acid groups (broad SMARTS) is 1. The summed E-state index contributed by atoms with van der Waals surface area (Å²) in [6, 6.07) is 2.72. The number of carboxylic acids is 1. The Hall–Kier alpha value is -1.39. The SMILES string of the molecule is O=C(O)CN(CC(F)(F)F)S(=O)(=O)c1cccc(Cl)c1F. The van der Waals surface area contributed by atoms with Crippen LogP contribution in [-0.4, -0.2) is 43.1 Å². The van der Waals surface area contributed by atoms with Gasteiger partial charge in [0.25, 0.3) is 0 Å². The highest BCUT2D eigenvalue weighted by Gasteiger charge is 2.39. The lowest BCUT2D eigenvalue weighted by Crippen LogP contribution is -2.42. The van der Waals surface area contributed by atoms with Crippen LogP contribution in [0.5, 0.6) is 0 Å². The molecule has 0 aliphatic rings. The van der Waals surface area contributed by atoms with Gasteiger partial charge in [0.05, 0.1) is 5.02 Å². The van der Waals surface area contributed by atoms with Crippen molar-refractivity contribution in [3.8, 4) is 0 Å². The van der Waals surface area contributed by atoms with Gasteiger partial charge in [0.1, 0.15) is 18.0 Å². The standard InChI is InChI=1S/C10H8ClF4NO4S/c11-6-2-1-3-7(9(6)12)21(19,20)16(4-8(17)18)5-10(13,14)15/h1-3H,4-5H2,(H,17,18). The summed E-state index contributed by atoms with van der Waals surface area (Å²) in [5.74, 6) is -3.26. The van der Waals surface area contributed by atoms with E-state index in [0.29, 0.717) is 6.07 Å². The van der Waals surface area contributed by atoms with Crippen molar-refractivity contribution in [3.05, 3.63) is 29.0 Å². The van der Waals surface area contributed by atoms with Crippen LogP contribution < -0.4 is 0 Å². The first-order chi connectivity index (χ1) is 9.45. The van der Waals surface area contributed by atoms with Gasteiger partial charge in [-0.05, 0) is 12.1 Å². The predicted molar refractivity (Wildman–Crippen MR) is 63.9 cm³/mol. The Balaban J connectivity index is 3.33. The highest BCUT2D eigenvalue weighted by Crippen LogP contribution is 2.27. The second-order valence-electron chi connectivity index (χ2n) is 3.83. The molecule has 0 bridgehead atoms. The first-order valence-corrected chi connectivity index (χ1v) is 6.99. The van der Waals surface area contributed by atoms with Gasteiger partial charge >= 0.3 is 12.1 Å². The lowest BCUT2D eigenvalue weighted by molar-refractivity contribution is -0.146. The van der Waals surface area contributed by atoms with Crippen molar-refractivity contribution in [1.29, 1.82) is 0 Å². The van der Waals surface area contributed by atoms with Crippen molar-refractivity contribution in [2.45, 2.75) is 11.1 Å². The third-order valence-corrected chi connectivity index (χ3v) is 4.30. The number of hydrogen-bond donors (Lipinski definition) is 1. The second-order valence-corrected chi connectivity index (χ2v) is 6.15. The van der Waals surface area contributed by atoms with Crippen LogP contribution in [-0.2, 0) is 14.8 Å². The highest BCUT2D eigenvalue weighted by atomic mass is 35.5. The third kappa shape index (κ3) is 4.55. The molecule has 1 aromatic carbocycles. The zero-order chi connectivity index (χ0) is 16.4. The van der Waals surface area contributed by atoms with Gasteiger partial charge in [-0.3, -0.25) is 4.79 Å². The molecule has 118 valence electrons. The maximum Gasteiger partial charge on any atom is 0.402 e. The molecule has 11 heteroatoms. The zero-order valence-corrected chi connectivity index (χ0v) is 11.6. The van der Waals surface area contributed by atoms with Crippen molar-refractivity contribution >= 4 is 27.6 Å². The minimum Gasteiger partial charge on any atom is -0.480 e. The largest absolute Gasteiger partial charge is 0.480 e. The number of carbonyl (C=O) groups is 1. The van der Waals surface area contributed by atoms with Crippen LogP contribution in [0.15, 0.2) is 23.1 Å². The lowest BCUT2D eigenvalue weighted by Gasteiger charge is -2.22. The Bertz CT molecular complexity index is 647. The Kier molecular flexibility index (Phi) is 5.18. The average molecular weight is 350 g/mol. The fourth-order valence-electron chi connectivity index (χ4n) is 1.40. The smallest absolute Gasteiger partial charge is 0.402 e. The van der Waals surface area contributed by atoms with E-state index in [1.807, 2.05) is 0 Å². The second kappa shape index (κ2) is 6.16. The molecule has 0 saturated heterocycles. The molecule has 0 aliphatic heterocycles. The fraction of sp³-hybridized carbons (Fsp3) is 0.300. The van der Waals surface area contributed by atoms with Crippen molar-refractivity contribution in [2.75, 3.05) is 13.1 Å². The molecule has 0 spiro atoms. The van der Waals surface area contributed by atoms with Crippen LogP contribution in [0.25, 0.3) is 0 Å². The number of benzene rings is 1. The summed E-state index contributed by atoms with van der Waals surface area (Å²) in [5.41, 5.74) is 0. The summed E-state index contributed by atoms with van der Waals surface area (Å²) in [7, 11) is -5.01. The molecule has 0 amide bonds. The first kappa shape index (κ1) is 17.7. The van der Waals surface area contributed by atoms with Crippen LogP contribution >= 0.6 is 11.6 Å². The first-order valence-electron chi connectivity index (χ1n) is 5.18. The van der Waals surface area contributed by atoms with Gasteiger partial charge in [0, 0.05) is 0 Å². The van der Waals surface area contributed by atoms with Crippen molar-refractivity contribution in [1.82, 2.24) is 4.31 Å². The normalized spacial score (nSPS) is 12.7. The summed E-state index contributed by atoms with van der Waals surface area (Å²) in [6.07, 6.45) is -4.99. The minimum atomic E-state index is -5.01. The lowest BCUT2D eigenvalue weighted by atomic mass is 10.3. The minimum absolute atomic E-state index is 0.385. The van der Waals surface area contributed by atoms with E-state index in [1.54, 1.807) is 0 Å². The molecule has 0 aromatic heterocycles. The molecular formula is C10H8ClF4NO4S. The number of alkyl halides is 3. The van der Waals surface area contributed by atoms with E-state index in [9.17, 15) is 30.8 Å². The summed E-state index contributed by atoms with van der Waals surface area (Å²) in [5, 5.41) is 7.91. The zero-order valence-electron chi connectivity index (χ0n) is 10.1. The number of hydrogen-bond acceptors (Lipinski definition) is 3. The van der Waals surface area contributed by atoms with Crippen LogP contribution in [0.1, 0.15) is 0 Å². The number of rotatable bonds is 5. The molecule has 0 atom stereocenters. The molecule has 1 N–H and O–H groups in total. The van der Waals surface area contributed by atoms with Gasteiger partial charge in [-0.25, -0.2) is 12.8 Å². The van der Waals surface area contributed by atoms with Gasteiger partial charge in [-0.1, -0.05) is 17.7 Å². The van der Waals surface area contributed by atoms with E-state index in [2.05, 4.69) is 0 Å². The number of sulfonamides is 1. The number of aliphatic carboxylic acids is 1. The highest BCUT2D eigenvalue weighted by molar-refractivity contribution is 7.89. The Morgan fingerprint density at radius 2 is 1.90 bits per heavy atom. The van der Waals surface area contributed by atoms with E-state index in [4.69, 9.17) is 16.7 Å². The molecule has 1 aromatic rings. The molecule has 5 nitrogen and oxygen atoms in total. The molecule has 1 rings (SSSR count). The molecule has 0 heterocycles. The monoisotopic (exact) mass is 349 g/mol. The fourth-order valence-corrected chi connectivity index (χ4v) is 3.09. The van der Waals surface area contributed by atoms with Gasteiger partial charge in [-0.2, -0.15) is 17.5 Å². The molecule has 0 saturated carbocycles. The van der Waals surface area contributed by atoms with E-state index < -0.39 is 51.0 Å². The molecule has 0 unspecified atom stereocenters. The molecule has 21 heavy (non-hydrogen) atoms. The van der Waals surface area contributed by atoms with E-state index >= 15 is 0 Å². The maximum atomic E-state index is 13.7. The Morgan fingerprint density at radius 1 is 1.33 bits per heavy atom. The van der Waals surface area contributed by atoms with Crippen LogP contribution in [0, 0.1) is 5.82 Å². The van der Waals surface area contributed by atoms with Gasteiger partial charge < -0.3 is 5.11 Å². The number of halogens is 5. The van der Waals surface area contributed by atoms with Crippen molar-refractivity contribution in [2.24, 2.45) is 0 Å². The molecular weight excluding hydrogens is 342 g/mol. The van der Waals surface area contributed by atoms with E-state index in [0.717, 1.165) is 12.1 Å². The molecule has 0 fully saturated rings. The summed E-state index contributed by atoms with van der Waals surface area (Å²) >= 11 is 5.37. The predicted octanol–water partition coefficient (Wildman–Crippen LogP) is 2.12. The topological polar surface area (TPSA) is 74.7 Å². The Labute approximate surface area is 121 Å². The third-order valence-electron chi connectivity index (χ3n) is 2.20.